The van der Waals surface area contributed by atoms with Crippen LogP contribution in [0.15, 0.2) is 18.2 Å². The van der Waals surface area contributed by atoms with Crippen molar-refractivity contribution in [2.24, 2.45) is 5.73 Å². The molecule has 0 saturated carbocycles. The average molecular weight is 364 g/mol. The van der Waals surface area contributed by atoms with E-state index in [9.17, 15) is 19.7 Å². The number of hydrogen-bond donors (Lipinski definition) is 1. The van der Waals surface area contributed by atoms with Crippen molar-refractivity contribution in [1.29, 1.82) is 0 Å². The van der Waals surface area contributed by atoms with Crippen LogP contribution in [0.1, 0.15) is 12.8 Å². The summed E-state index contributed by atoms with van der Waals surface area (Å²) < 4.78 is 10.4. The van der Waals surface area contributed by atoms with Gasteiger partial charge in [0.05, 0.1) is 10.6 Å². The molecule has 0 spiro atoms. The number of benzene rings is 1. The van der Waals surface area contributed by atoms with Crippen LogP contribution in [0.3, 0.4) is 0 Å². The van der Waals surface area contributed by atoms with Gasteiger partial charge in [0, 0.05) is 38.3 Å². The molecule has 0 radical (unpaired) electrons. The molecule has 0 atom stereocenters. The molecule has 0 bridgehead atoms. The molecule has 2 aliphatic rings. The molecule has 10 heteroatoms. The third-order valence-corrected chi connectivity index (χ3v) is 4.55. The number of likely N-dealkylation sites (tertiary alicyclic amines) is 1. The van der Waals surface area contributed by atoms with Gasteiger partial charge < -0.3 is 25.0 Å². The quantitative estimate of drug-likeness (QED) is 0.606. The number of rotatable bonds is 5. The summed E-state index contributed by atoms with van der Waals surface area (Å²) in [6.07, 6.45) is 0.433. The van der Waals surface area contributed by atoms with Crippen LogP contribution in [0, 0.1) is 10.1 Å². The summed E-state index contributed by atoms with van der Waals surface area (Å²) in [4.78, 5) is 37.2. The van der Waals surface area contributed by atoms with Crippen LogP contribution in [0.4, 0.5) is 16.2 Å². The van der Waals surface area contributed by atoms with Gasteiger partial charge in [-0.05, 0) is 18.9 Å². The molecule has 140 valence electrons. The van der Waals surface area contributed by atoms with Gasteiger partial charge in [0.25, 0.3) is 11.6 Å². The van der Waals surface area contributed by atoms with E-state index in [0.29, 0.717) is 37.4 Å². The molecule has 26 heavy (non-hydrogen) atoms. The van der Waals surface area contributed by atoms with E-state index in [4.69, 9.17) is 15.2 Å². The number of piperidine rings is 1. The molecule has 10 nitrogen and oxygen atoms in total. The Labute approximate surface area is 149 Å². The second-order valence-corrected chi connectivity index (χ2v) is 6.22. The number of anilines is 1. The number of non-ortho nitro benzene ring substituents is 1. The molecule has 2 amide bonds. The summed E-state index contributed by atoms with van der Waals surface area (Å²) >= 11 is 0. The summed E-state index contributed by atoms with van der Waals surface area (Å²) in [5.41, 5.74) is 5.36. The predicted molar refractivity (Wildman–Crippen MR) is 91.1 cm³/mol. The van der Waals surface area contributed by atoms with E-state index in [1.165, 1.54) is 23.1 Å². The fourth-order valence-corrected chi connectivity index (χ4v) is 3.21. The first-order valence-corrected chi connectivity index (χ1v) is 8.34. The lowest BCUT2D eigenvalue weighted by Gasteiger charge is -2.34. The molecule has 0 aliphatic carbocycles. The minimum absolute atomic E-state index is 0.0840. The standard InChI is InChI=1S/C16H20N4O6/c17-16(22)26-12-3-5-18(6-4-12)7-8-19-13-9-11(20(23)24)1-2-14(13)25-10-15(19)21/h1-2,9,12H,3-8,10H2,(H2,17,22). The van der Waals surface area contributed by atoms with Crippen LogP contribution in [-0.2, 0) is 9.53 Å². The van der Waals surface area contributed by atoms with E-state index in [-0.39, 0.29) is 24.3 Å². The number of ether oxygens (including phenoxy) is 2. The first-order chi connectivity index (χ1) is 12.4. The third kappa shape index (κ3) is 4.02. The van der Waals surface area contributed by atoms with Gasteiger partial charge in [-0.15, -0.1) is 0 Å². The molecule has 0 unspecified atom stereocenters. The van der Waals surface area contributed by atoms with Crippen LogP contribution >= 0.6 is 0 Å². The fraction of sp³-hybridized carbons (Fsp3) is 0.500. The number of hydrogen-bond acceptors (Lipinski definition) is 7. The van der Waals surface area contributed by atoms with E-state index in [1.54, 1.807) is 0 Å². The highest BCUT2D eigenvalue weighted by Crippen LogP contribution is 2.35. The number of nitrogens with two attached hydrogens (primary N) is 1. The number of nitrogens with zero attached hydrogens (tertiary/aromatic N) is 3. The average Bonchev–Trinajstić information content (AvgIpc) is 2.61. The Bertz CT molecular complexity index is 717. The number of carbonyl (C=O) groups excluding carboxylic acids is 2. The molecule has 2 N–H and O–H groups in total. The Kier molecular flexibility index (Phi) is 5.21. The molecular weight excluding hydrogens is 344 g/mol. The zero-order valence-corrected chi connectivity index (χ0v) is 14.1. The number of amides is 2. The molecule has 1 aromatic rings. The van der Waals surface area contributed by atoms with E-state index in [1.807, 2.05) is 0 Å². The van der Waals surface area contributed by atoms with Gasteiger partial charge in [-0.1, -0.05) is 0 Å². The largest absolute Gasteiger partial charge is 0.482 e. The smallest absolute Gasteiger partial charge is 0.404 e. The second kappa shape index (κ2) is 7.56. The van der Waals surface area contributed by atoms with Gasteiger partial charge in [-0.2, -0.15) is 0 Å². The Morgan fingerprint density at radius 2 is 2.08 bits per heavy atom. The SMILES string of the molecule is NC(=O)OC1CCN(CCN2C(=O)COc3ccc([N+](=O)[O-])cc32)CC1. The zero-order valence-electron chi connectivity index (χ0n) is 14.1. The molecule has 1 saturated heterocycles. The molecule has 0 aromatic heterocycles. The summed E-state index contributed by atoms with van der Waals surface area (Å²) in [5, 5.41) is 11.0. The first-order valence-electron chi connectivity index (χ1n) is 8.34. The molecule has 2 heterocycles. The van der Waals surface area contributed by atoms with Crippen LogP contribution < -0.4 is 15.4 Å². The van der Waals surface area contributed by atoms with E-state index >= 15 is 0 Å². The van der Waals surface area contributed by atoms with Crippen molar-refractivity contribution in [2.75, 3.05) is 37.7 Å². The summed E-state index contributed by atoms with van der Waals surface area (Å²) in [7, 11) is 0. The highest BCUT2D eigenvalue weighted by Gasteiger charge is 2.29. The van der Waals surface area contributed by atoms with E-state index < -0.39 is 11.0 Å². The van der Waals surface area contributed by atoms with Crippen LogP contribution in [0.2, 0.25) is 0 Å². The lowest BCUT2D eigenvalue weighted by molar-refractivity contribution is -0.384. The van der Waals surface area contributed by atoms with Gasteiger partial charge in [0.15, 0.2) is 6.61 Å². The third-order valence-electron chi connectivity index (χ3n) is 4.55. The van der Waals surface area contributed by atoms with Gasteiger partial charge in [0.2, 0.25) is 0 Å². The normalized spacial score (nSPS) is 18.2. The van der Waals surface area contributed by atoms with Crippen molar-refractivity contribution in [1.82, 2.24) is 4.90 Å². The summed E-state index contributed by atoms with van der Waals surface area (Å²) in [6, 6.07) is 4.23. The number of nitro groups is 1. The lowest BCUT2D eigenvalue weighted by Crippen LogP contribution is -2.46. The number of nitro benzene ring substituents is 1. The van der Waals surface area contributed by atoms with Crippen LogP contribution in [-0.4, -0.2) is 60.7 Å². The Morgan fingerprint density at radius 1 is 1.35 bits per heavy atom. The van der Waals surface area contributed by atoms with Gasteiger partial charge in [0.1, 0.15) is 11.9 Å². The number of carbonyl (C=O) groups is 2. The number of fused-ring (bicyclic) bond motifs is 1. The summed E-state index contributed by atoms with van der Waals surface area (Å²) in [5.74, 6) is 0.230. The maximum Gasteiger partial charge on any atom is 0.404 e. The minimum atomic E-state index is -0.763. The van der Waals surface area contributed by atoms with Crippen molar-refractivity contribution in [3.8, 4) is 5.75 Å². The van der Waals surface area contributed by atoms with Crippen LogP contribution in [0.25, 0.3) is 0 Å². The number of primary amides is 1. The van der Waals surface area contributed by atoms with Gasteiger partial charge >= 0.3 is 6.09 Å². The lowest BCUT2D eigenvalue weighted by atomic mass is 10.1. The van der Waals surface area contributed by atoms with E-state index in [2.05, 4.69) is 4.90 Å². The molecular formula is C16H20N4O6. The Hall–Kier alpha value is -2.88. The predicted octanol–water partition coefficient (Wildman–Crippen LogP) is 0.880. The van der Waals surface area contributed by atoms with Crippen molar-refractivity contribution in [3.63, 3.8) is 0 Å². The van der Waals surface area contributed by atoms with Crippen molar-refractivity contribution in [3.05, 3.63) is 28.3 Å². The first kappa shape index (κ1) is 17.9. The highest BCUT2D eigenvalue weighted by molar-refractivity contribution is 5.98. The molecule has 2 aliphatic heterocycles. The zero-order chi connectivity index (χ0) is 18.7. The fourth-order valence-electron chi connectivity index (χ4n) is 3.21. The monoisotopic (exact) mass is 364 g/mol. The minimum Gasteiger partial charge on any atom is -0.482 e. The van der Waals surface area contributed by atoms with Crippen molar-refractivity contribution >= 4 is 23.4 Å². The second-order valence-electron chi connectivity index (χ2n) is 6.22. The van der Waals surface area contributed by atoms with E-state index in [0.717, 1.165) is 13.1 Å². The molecule has 1 aromatic carbocycles. The van der Waals surface area contributed by atoms with Gasteiger partial charge in [-0.3, -0.25) is 14.9 Å². The maximum atomic E-state index is 12.2. The Balaban J connectivity index is 1.62. The topological polar surface area (TPSA) is 128 Å². The Morgan fingerprint density at radius 3 is 2.73 bits per heavy atom. The maximum absolute atomic E-state index is 12.2. The molecule has 3 rings (SSSR count). The van der Waals surface area contributed by atoms with Gasteiger partial charge in [-0.25, -0.2) is 4.79 Å². The van der Waals surface area contributed by atoms with Crippen LogP contribution in [0.5, 0.6) is 5.75 Å². The van der Waals surface area contributed by atoms with Crippen molar-refractivity contribution in [2.45, 2.75) is 18.9 Å². The summed E-state index contributed by atoms with van der Waals surface area (Å²) in [6.45, 7) is 2.37. The molecule has 1 fully saturated rings. The highest BCUT2D eigenvalue weighted by atomic mass is 16.6. The van der Waals surface area contributed by atoms with Crippen molar-refractivity contribution < 1.29 is 24.0 Å².